The fourth-order valence-corrected chi connectivity index (χ4v) is 8.01. The molecule has 318 valence electrons. The largest absolute Gasteiger partial charge is 0.368 e. The number of carbonyl (C=O) groups excluding carboxylic acids is 3. The smallest absolute Gasteiger partial charge is 0.259 e. The number of unbranched alkanes of at least 4 members (excludes halogenated alkanes) is 1. The lowest BCUT2D eigenvalue weighted by Crippen LogP contribution is -2.49. The van der Waals surface area contributed by atoms with Gasteiger partial charge in [-0.2, -0.15) is 0 Å². The molecular weight excluding hydrogens is 803 g/mol. The van der Waals surface area contributed by atoms with E-state index in [1.807, 2.05) is 45.3 Å². The molecule has 0 unspecified atom stereocenters. The van der Waals surface area contributed by atoms with Gasteiger partial charge in [-0.05, 0) is 83.9 Å². The molecule has 18 heteroatoms. The third kappa shape index (κ3) is 10.3. The maximum absolute atomic E-state index is 15.1. The van der Waals surface area contributed by atoms with E-state index in [0.717, 1.165) is 22.5 Å². The van der Waals surface area contributed by atoms with Crippen LogP contribution < -0.4 is 26.2 Å². The number of benzene rings is 2. The molecule has 1 aliphatic heterocycles. The van der Waals surface area contributed by atoms with Crippen LogP contribution in [0.2, 0.25) is 0 Å². The van der Waals surface area contributed by atoms with E-state index in [2.05, 4.69) is 56.0 Å². The number of carbonyl (C=O) groups is 3. The first-order valence-corrected chi connectivity index (χ1v) is 21.0. The lowest BCUT2D eigenvalue weighted by molar-refractivity contribution is -0.122. The second-order valence-electron chi connectivity index (χ2n) is 15.1. The molecule has 0 aliphatic carbocycles. The Hall–Kier alpha value is -6.40. The highest BCUT2D eigenvalue weighted by Gasteiger charge is 2.22. The van der Waals surface area contributed by atoms with E-state index in [1.54, 1.807) is 42.6 Å². The minimum Gasteiger partial charge on any atom is -0.368 e. The molecule has 0 spiro atoms. The van der Waals surface area contributed by atoms with Gasteiger partial charge >= 0.3 is 0 Å². The van der Waals surface area contributed by atoms with Crippen molar-refractivity contribution in [3.8, 4) is 11.3 Å². The maximum atomic E-state index is 15.1. The third-order valence-corrected chi connectivity index (χ3v) is 11.4. The zero-order valence-corrected chi connectivity index (χ0v) is 35.5. The summed E-state index contributed by atoms with van der Waals surface area (Å²) in [5, 5.41) is 12.1. The quantitative estimate of drug-likeness (QED) is 0.0771. The van der Waals surface area contributed by atoms with E-state index in [0.29, 0.717) is 79.1 Å². The predicted molar refractivity (Wildman–Crippen MR) is 233 cm³/mol. The fourth-order valence-electron chi connectivity index (χ4n) is 7.20. The van der Waals surface area contributed by atoms with Gasteiger partial charge < -0.3 is 25.4 Å². The summed E-state index contributed by atoms with van der Waals surface area (Å²) in [7, 11) is 0. The number of hydrogen-bond acceptors (Lipinski definition) is 12. The van der Waals surface area contributed by atoms with Crippen molar-refractivity contribution in [2.24, 2.45) is 0 Å². The van der Waals surface area contributed by atoms with Crippen molar-refractivity contribution in [3.05, 3.63) is 94.5 Å². The van der Waals surface area contributed by atoms with Crippen LogP contribution >= 0.6 is 11.3 Å². The van der Waals surface area contributed by atoms with Crippen molar-refractivity contribution < 1.29 is 23.2 Å². The lowest BCUT2D eigenvalue weighted by Gasteiger charge is -2.35. The number of aromatic nitrogens is 6. The van der Waals surface area contributed by atoms with Crippen LogP contribution in [0.5, 0.6) is 0 Å². The van der Waals surface area contributed by atoms with Gasteiger partial charge in [-0.3, -0.25) is 24.6 Å². The number of piperazine rings is 1. The van der Waals surface area contributed by atoms with E-state index in [1.165, 1.54) is 17.4 Å². The van der Waals surface area contributed by atoms with Gasteiger partial charge in [0.15, 0.2) is 16.8 Å². The minimum atomic E-state index is -0.685. The Morgan fingerprint density at radius 1 is 0.852 bits per heavy atom. The molecule has 15 nitrogen and oxygen atoms in total. The van der Waals surface area contributed by atoms with Gasteiger partial charge in [0.25, 0.3) is 5.91 Å². The third-order valence-electron chi connectivity index (χ3n) is 10.4. The van der Waals surface area contributed by atoms with E-state index in [4.69, 9.17) is 0 Å². The number of nitrogens with one attached hydrogen (secondary N) is 4. The lowest BCUT2D eigenvalue weighted by atomic mass is 10.1. The Balaban J connectivity index is 0.824. The standard InChI is InChI=1S/C43H48F2N12O3S/c1-25(2)57-28(5)50-40-32(44)20-29(21-35(40)57)39-33(45)23-48-42(53-39)52-36-14-13-30(22-47-36)56-18-16-55(17-19-56)24-38(59)46-15-9-8-12-37(58)51-34-11-7-6-10-31(34)41(60)54-43-49-26(3)27(4)61-43/h6-7,10-11,13-14,20-23,25H,8-9,12,15-19,24H2,1-5H3,(H,46,59)(H,51,58)(H,49,54,60)(H,47,48,52,53). The Morgan fingerprint density at radius 3 is 2.36 bits per heavy atom. The number of halogens is 2. The van der Waals surface area contributed by atoms with Gasteiger partial charge in [-0.25, -0.2) is 33.7 Å². The Bertz CT molecular complexity index is 2530. The number of para-hydroxylation sites is 1. The number of imidazole rings is 1. The second-order valence-corrected chi connectivity index (χ2v) is 16.3. The number of nitrogens with zero attached hydrogens (tertiary/aromatic N) is 8. The van der Waals surface area contributed by atoms with Crippen molar-refractivity contribution in [2.45, 2.75) is 59.9 Å². The molecule has 0 radical (unpaired) electrons. The van der Waals surface area contributed by atoms with Crippen LogP contribution in [0.25, 0.3) is 22.3 Å². The summed E-state index contributed by atoms with van der Waals surface area (Å²) >= 11 is 1.40. The molecule has 0 saturated carbocycles. The van der Waals surface area contributed by atoms with Crippen molar-refractivity contribution >= 4 is 68.4 Å². The predicted octanol–water partition coefficient (Wildman–Crippen LogP) is 7.17. The Morgan fingerprint density at radius 2 is 1.64 bits per heavy atom. The molecule has 61 heavy (non-hydrogen) atoms. The number of thiazole rings is 1. The topological polar surface area (TPSA) is 175 Å². The zero-order valence-electron chi connectivity index (χ0n) is 34.7. The van der Waals surface area contributed by atoms with Crippen molar-refractivity contribution in [2.75, 3.05) is 60.1 Å². The molecule has 4 N–H and O–H groups in total. The molecular formula is C43H48F2N12O3S. The van der Waals surface area contributed by atoms with Gasteiger partial charge in [0.05, 0.1) is 47.1 Å². The molecule has 3 amide bonds. The Labute approximate surface area is 356 Å². The minimum absolute atomic E-state index is 0.0266. The van der Waals surface area contributed by atoms with E-state index < -0.39 is 11.6 Å². The van der Waals surface area contributed by atoms with Crippen LogP contribution in [0.3, 0.4) is 0 Å². The molecule has 6 aromatic rings. The SMILES string of the molecule is Cc1nc(NC(=O)c2ccccc2NC(=O)CCCCNC(=O)CN2CCN(c3ccc(Nc4ncc(F)c(-c5cc(F)c6nc(C)n(C(C)C)c6c5)n4)nc3)CC2)sc1C. The second kappa shape index (κ2) is 18.9. The van der Waals surface area contributed by atoms with Crippen molar-refractivity contribution in [1.29, 1.82) is 0 Å². The summed E-state index contributed by atoms with van der Waals surface area (Å²) in [6.45, 7) is 13.1. The molecule has 0 atom stereocenters. The zero-order chi connectivity index (χ0) is 43.2. The first kappa shape index (κ1) is 42.7. The van der Waals surface area contributed by atoms with Crippen LogP contribution in [0.15, 0.2) is 60.9 Å². The van der Waals surface area contributed by atoms with Gasteiger partial charge in [0.2, 0.25) is 17.8 Å². The number of fused-ring (bicyclic) bond motifs is 1. The van der Waals surface area contributed by atoms with Crippen molar-refractivity contribution in [1.82, 2.24) is 39.7 Å². The number of amides is 3. The molecule has 7 rings (SSSR count). The first-order valence-electron chi connectivity index (χ1n) is 20.1. The fraction of sp³-hybridized carbons (Fsp3) is 0.349. The summed E-state index contributed by atoms with van der Waals surface area (Å²) < 4.78 is 32.1. The molecule has 1 aliphatic rings. The monoisotopic (exact) mass is 850 g/mol. The average Bonchev–Trinajstić information content (AvgIpc) is 3.75. The van der Waals surface area contributed by atoms with Gasteiger partial charge in [-0.15, -0.1) is 11.3 Å². The van der Waals surface area contributed by atoms with Gasteiger partial charge in [0.1, 0.15) is 22.9 Å². The van der Waals surface area contributed by atoms with Crippen LogP contribution in [0.4, 0.5) is 37.1 Å². The molecule has 0 bridgehead atoms. The van der Waals surface area contributed by atoms with Crippen LogP contribution in [-0.4, -0.2) is 91.4 Å². The number of anilines is 5. The molecule has 5 heterocycles. The van der Waals surface area contributed by atoms with Gasteiger partial charge in [0, 0.05) is 55.6 Å². The summed E-state index contributed by atoms with van der Waals surface area (Å²) in [6.07, 6.45) is 4.23. The summed E-state index contributed by atoms with van der Waals surface area (Å²) in [5.41, 5.74) is 3.56. The molecule has 4 aromatic heterocycles. The molecule has 1 fully saturated rings. The van der Waals surface area contributed by atoms with Crippen LogP contribution in [0, 0.1) is 32.4 Å². The highest BCUT2D eigenvalue weighted by Crippen LogP contribution is 2.31. The molecule has 2 aromatic carbocycles. The number of rotatable bonds is 15. The highest BCUT2D eigenvalue weighted by molar-refractivity contribution is 7.15. The van der Waals surface area contributed by atoms with Gasteiger partial charge in [-0.1, -0.05) is 12.1 Å². The number of aryl methyl sites for hydroxylation is 3. The first-order chi connectivity index (χ1) is 29.3. The van der Waals surface area contributed by atoms with Crippen LogP contribution in [0.1, 0.15) is 65.9 Å². The van der Waals surface area contributed by atoms with Crippen LogP contribution in [-0.2, 0) is 9.59 Å². The molecule has 1 saturated heterocycles. The van der Waals surface area contributed by atoms with Crippen molar-refractivity contribution in [3.63, 3.8) is 0 Å². The number of pyridine rings is 1. The normalized spacial score (nSPS) is 13.1. The average molecular weight is 851 g/mol. The summed E-state index contributed by atoms with van der Waals surface area (Å²) in [5.74, 6) is -0.644. The van der Waals surface area contributed by atoms with E-state index in [9.17, 15) is 14.4 Å². The van der Waals surface area contributed by atoms with E-state index in [-0.39, 0.29) is 59.5 Å². The summed E-state index contributed by atoms with van der Waals surface area (Å²) in [4.78, 5) is 65.3. The highest BCUT2D eigenvalue weighted by atomic mass is 32.1. The number of hydrogen-bond donors (Lipinski definition) is 4. The van der Waals surface area contributed by atoms with E-state index >= 15 is 8.78 Å². The maximum Gasteiger partial charge on any atom is 0.259 e. The Kier molecular flexibility index (Phi) is 13.2. The summed E-state index contributed by atoms with van der Waals surface area (Å²) in [6, 6.07) is 13.5.